The Morgan fingerprint density at radius 2 is 1.02 bits per heavy atom. The van der Waals surface area contributed by atoms with Crippen molar-refractivity contribution in [2.45, 2.75) is 0 Å². The molecule has 0 spiro atoms. The smallest absolute Gasteiger partial charge is 0.147 e. The van der Waals surface area contributed by atoms with Gasteiger partial charge < -0.3 is 4.90 Å². The molecule has 0 aliphatic heterocycles. The van der Waals surface area contributed by atoms with Crippen LogP contribution in [0.4, 0.5) is 17.1 Å². The van der Waals surface area contributed by atoms with Crippen LogP contribution in [0.5, 0.6) is 0 Å². The highest BCUT2D eigenvalue weighted by Gasteiger charge is 2.22. The Morgan fingerprint density at radius 1 is 0.423 bits per heavy atom. The van der Waals surface area contributed by atoms with E-state index in [1.807, 2.05) is 0 Å². The van der Waals surface area contributed by atoms with Crippen LogP contribution in [-0.4, -0.2) is 14.5 Å². The molecule has 0 aliphatic carbocycles. The molecule has 4 heteroatoms. The predicted octanol–water partition coefficient (Wildman–Crippen LogP) is 12.7. The van der Waals surface area contributed by atoms with E-state index in [0.717, 1.165) is 78.1 Å². The van der Waals surface area contributed by atoms with Gasteiger partial charge in [-0.15, -0.1) is 0 Å². The van der Waals surface area contributed by atoms with Crippen molar-refractivity contribution in [2.75, 3.05) is 4.90 Å². The van der Waals surface area contributed by atoms with Gasteiger partial charge >= 0.3 is 0 Å². The van der Waals surface area contributed by atoms with Gasteiger partial charge in [-0.25, -0.2) is 9.97 Å². The summed E-state index contributed by atoms with van der Waals surface area (Å²) < 4.78 is 2.26. The lowest BCUT2D eigenvalue weighted by Crippen LogP contribution is -2.10. The van der Waals surface area contributed by atoms with Crippen LogP contribution in [0.25, 0.3) is 71.8 Å². The fourth-order valence-corrected chi connectivity index (χ4v) is 7.68. The highest BCUT2D eigenvalue weighted by Crippen LogP contribution is 2.45. The first-order chi connectivity index (χ1) is 25.8. The minimum absolute atomic E-state index is 0.865. The molecular formula is C48H32N4. The minimum Gasteiger partial charge on any atom is -0.310 e. The lowest BCUT2D eigenvalue weighted by molar-refractivity contribution is 1.10. The first kappa shape index (κ1) is 29.8. The van der Waals surface area contributed by atoms with Gasteiger partial charge in [-0.1, -0.05) is 133 Å². The van der Waals surface area contributed by atoms with Crippen LogP contribution >= 0.6 is 0 Å². The number of imidazole rings is 1. The van der Waals surface area contributed by atoms with Crippen LogP contribution in [0.15, 0.2) is 194 Å². The second kappa shape index (κ2) is 12.4. The van der Waals surface area contributed by atoms with Crippen molar-refractivity contribution >= 4 is 60.5 Å². The third-order valence-electron chi connectivity index (χ3n) is 9.96. The molecule has 2 heterocycles. The summed E-state index contributed by atoms with van der Waals surface area (Å²) in [5, 5.41) is 5.71. The summed E-state index contributed by atoms with van der Waals surface area (Å²) in [6.45, 7) is 0. The average Bonchev–Trinajstić information content (AvgIpc) is 3.61. The van der Waals surface area contributed by atoms with Crippen LogP contribution < -0.4 is 4.90 Å². The summed E-state index contributed by atoms with van der Waals surface area (Å²) in [5.74, 6) is 0.865. The number of rotatable bonds is 6. The molecule has 0 bridgehead atoms. The summed E-state index contributed by atoms with van der Waals surface area (Å²) >= 11 is 0. The molecule has 0 radical (unpaired) electrons. The molecular weight excluding hydrogens is 633 g/mol. The summed E-state index contributed by atoms with van der Waals surface area (Å²) in [6.07, 6.45) is 0. The lowest BCUT2D eigenvalue weighted by Gasteiger charge is -2.27. The average molecular weight is 665 g/mol. The highest BCUT2D eigenvalue weighted by atomic mass is 15.1. The maximum Gasteiger partial charge on any atom is 0.147 e. The quantitative estimate of drug-likeness (QED) is 0.166. The zero-order chi connectivity index (χ0) is 34.4. The first-order valence-corrected chi connectivity index (χ1v) is 17.6. The Morgan fingerprint density at radius 3 is 1.75 bits per heavy atom. The third kappa shape index (κ3) is 4.84. The van der Waals surface area contributed by atoms with Crippen molar-refractivity contribution in [3.8, 4) is 28.3 Å². The topological polar surface area (TPSA) is 34.0 Å². The molecule has 0 saturated heterocycles. The van der Waals surface area contributed by atoms with E-state index in [9.17, 15) is 0 Å². The summed E-state index contributed by atoms with van der Waals surface area (Å²) in [5.41, 5.74) is 10.3. The fraction of sp³-hybridized carbons (Fsp3) is 0. The summed E-state index contributed by atoms with van der Waals surface area (Å²) in [7, 11) is 0. The molecule has 10 rings (SSSR count). The molecule has 52 heavy (non-hydrogen) atoms. The van der Waals surface area contributed by atoms with Gasteiger partial charge in [0.15, 0.2) is 0 Å². The van der Waals surface area contributed by atoms with Crippen molar-refractivity contribution in [1.29, 1.82) is 0 Å². The van der Waals surface area contributed by atoms with E-state index in [4.69, 9.17) is 9.97 Å². The molecule has 0 atom stereocenters. The highest BCUT2D eigenvalue weighted by molar-refractivity contribution is 6.25. The van der Waals surface area contributed by atoms with E-state index in [1.165, 1.54) is 10.8 Å². The number of para-hydroxylation sites is 6. The minimum atomic E-state index is 0.865. The van der Waals surface area contributed by atoms with Crippen molar-refractivity contribution in [2.24, 2.45) is 0 Å². The van der Waals surface area contributed by atoms with Crippen LogP contribution in [0, 0.1) is 0 Å². The van der Waals surface area contributed by atoms with E-state index in [0.29, 0.717) is 0 Å². The van der Waals surface area contributed by atoms with Crippen LogP contribution in [0.1, 0.15) is 0 Å². The second-order valence-corrected chi connectivity index (χ2v) is 13.0. The molecule has 0 saturated carbocycles. The Balaban J connectivity index is 1.32. The van der Waals surface area contributed by atoms with Crippen molar-refractivity contribution in [3.05, 3.63) is 194 Å². The number of nitrogens with zero attached hydrogens (tertiary/aromatic N) is 4. The maximum absolute atomic E-state index is 5.55. The van der Waals surface area contributed by atoms with E-state index < -0.39 is 0 Å². The van der Waals surface area contributed by atoms with Gasteiger partial charge in [-0.3, -0.25) is 4.57 Å². The molecule has 0 unspecified atom stereocenters. The van der Waals surface area contributed by atoms with Crippen molar-refractivity contribution in [1.82, 2.24) is 14.5 Å². The first-order valence-electron chi connectivity index (χ1n) is 17.6. The molecule has 2 aromatic heterocycles. The van der Waals surface area contributed by atoms with E-state index in [2.05, 4.69) is 204 Å². The standard InChI is InChI=1S/C48H32N4/c1-5-17-33(18-6-1)46-40-32-31-37-38(25-16-30-43(37)51(34-19-7-2-8-20-34)35-21-9-3-10-22-35)45(40)39-26-15-27-41(47(39)50-46)48-49-42-28-13-14-29-44(42)52(48)36-23-11-4-12-24-36/h1-32H. The largest absolute Gasteiger partial charge is 0.310 e. The van der Waals surface area contributed by atoms with Crippen LogP contribution in [0.2, 0.25) is 0 Å². The van der Waals surface area contributed by atoms with Gasteiger partial charge in [0.1, 0.15) is 5.82 Å². The Bertz CT molecular complexity index is 2840. The zero-order valence-electron chi connectivity index (χ0n) is 28.3. The fourth-order valence-electron chi connectivity index (χ4n) is 7.68. The number of benzene rings is 8. The molecule has 10 aromatic rings. The lowest BCUT2D eigenvalue weighted by atomic mass is 9.93. The van der Waals surface area contributed by atoms with Gasteiger partial charge in [0.2, 0.25) is 0 Å². The second-order valence-electron chi connectivity index (χ2n) is 13.0. The van der Waals surface area contributed by atoms with E-state index in [-0.39, 0.29) is 0 Å². The van der Waals surface area contributed by atoms with E-state index in [1.54, 1.807) is 0 Å². The number of fused-ring (bicyclic) bond motifs is 6. The summed E-state index contributed by atoms with van der Waals surface area (Å²) in [4.78, 5) is 13.2. The molecule has 0 fully saturated rings. The Kier molecular flexibility index (Phi) is 7.10. The van der Waals surface area contributed by atoms with Crippen LogP contribution in [0.3, 0.4) is 0 Å². The van der Waals surface area contributed by atoms with Gasteiger partial charge in [0, 0.05) is 49.7 Å². The zero-order valence-corrected chi connectivity index (χ0v) is 28.3. The van der Waals surface area contributed by atoms with Gasteiger partial charge in [-0.2, -0.15) is 0 Å². The van der Waals surface area contributed by atoms with Crippen LogP contribution in [-0.2, 0) is 0 Å². The van der Waals surface area contributed by atoms with Crippen molar-refractivity contribution in [3.63, 3.8) is 0 Å². The molecule has 0 aliphatic rings. The predicted molar refractivity (Wildman–Crippen MR) is 217 cm³/mol. The van der Waals surface area contributed by atoms with Gasteiger partial charge in [0.05, 0.1) is 27.9 Å². The number of hydrogen-bond acceptors (Lipinski definition) is 3. The van der Waals surface area contributed by atoms with Gasteiger partial charge in [0.25, 0.3) is 0 Å². The molecule has 4 nitrogen and oxygen atoms in total. The number of hydrogen-bond donors (Lipinski definition) is 0. The monoisotopic (exact) mass is 664 g/mol. The molecule has 0 N–H and O–H groups in total. The number of anilines is 3. The van der Waals surface area contributed by atoms with E-state index >= 15 is 0 Å². The Labute approximate surface area is 301 Å². The molecule has 8 aromatic carbocycles. The number of aromatic nitrogens is 3. The molecule has 244 valence electrons. The van der Waals surface area contributed by atoms with Gasteiger partial charge in [-0.05, 0) is 66.0 Å². The third-order valence-corrected chi connectivity index (χ3v) is 9.96. The summed E-state index contributed by atoms with van der Waals surface area (Å²) in [6, 6.07) is 68.3. The molecule has 0 amide bonds. The maximum atomic E-state index is 5.55. The Hall–Kier alpha value is -7.04. The normalized spacial score (nSPS) is 11.5. The SMILES string of the molecule is c1ccc(-c2nc3c(-c4nc5ccccc5n4-c4ccccc4)cccc3c3c2ccc2c(N(c4ccccc4)c4ccccc4)cccc23)cc1. The number of pyridine rings is 1. The van der Waals surface area contributed by atoms with Crippen molar-refractivity contribution < 1.29 is 0 Å².